The number of esters is 4. The smallest absolute Gasteiger partial charge is 0.335 e. The molecule has 0 saturated carbocycles. The molecular weight excluding hydrogens is 559 g/mol. The van der Waals surface area contributed by atoms with Crippen LogP contribution in [0.15, 0.2) is 60.7 Å². The van der Waals surface area contributed by atoms with E-state index >= 15 is 0 Å². The van der Waals surface area contributed by atoms with Crippen molar-refractivity contribution >= 4 is 32.5 Å². The molecule has 222 valence electrons. The van der Waals surface area contributed by atoms with Crippen LogP contribution in [0.4, 0.5) is 0 Å². The Kier molecular flexibility index (Phi) is 12.6. The van der Waals surface area contributed by atoms with Crippen LogP contribution in [0.25, 0.3) is 0 Å². The summed E-state index contributed by atoms with van der Waals surface area (Å²) in [5.41, 5.74) is 1.68. The number of ether oxygens (including phenoxy) is 5. The Balaban J connectivity index is 1.91. The van der Waals surface area contributed by atoms with Crippen LogP contribution in [0, 0.1) is 0 Å². The van der Waals surface area contributed by atoms with E-state index in [1.165, 1.54) is 6.92 Å². The third-order valence-corrected chi connectivity index (χ3v) is 6.56. The summed E-state index contributed by atoms with van der Waals surface area (Å²) < 4.78 is 45.5. The Labute approximate surface area is 239 Å². The van der Waals surface area contributed by atoms with Crippen molar-refractivity contribution in [3.05, 3.63) is 71.8 Å². The summed E-state index contributed by atoms with van der Waals surface area (Å²) in [7, 11) is -2.17. The molecule has 1 fully saturated rings. The maximum atomic E-state index is 12.1. The van der Waals surface area contributed by atoms with Gasteiger partial charge >= 0.3 is 32.5 Å². The molecule has 1 heterocycles. The van der Waals surface area contributed by atoms with Gasteiger partial charge in [0.1, 0.15) is 12.7 Å². The van der Waals surface area contributed by atoms with E-state index in [2.05, 4.69) is 0 Å². The molecular formula is C28H33O12P. The van der Waals surface area contributed by atoms with E-state index in [1.54, 1.807) is 0 Å². The van der Waals surface area contributed by atoms with Gasteiger partial charge in [-0.1, -0.05) is 60.7 Å². The van der Waals surface area contributed by atoms with Crippen LogP contribution in [0.3, 0.4) is 0 Å². The van der Waals surface area contributed by atoms with E-state index in [4.69, 9.17) is 37.3 Å². The first kappa shape index (κ1) is 32.1. The average Bonchev–Trinajstić information content (AvgIpc) is 2.92. The van der Waals surface area contributed by atoms with Crippen LogP contribution in [0.5, 0.6) is 0 Å². The number of carbonyl (C=O) groups is 4. The Morgan fingerprint density at radius 3 is 1.59 bits per heavy atom. The zero-order valence-corrected chi connectivity index (χ0v) is 24.0. The Morgan fingerprint density at radius 2 is 1.12 bits per heavy atom. The zero-order valence-electron chi connectivity index (χ0n) is 23.1. The largest absolute Gasteiger partial charge is 0.463 e. The summed E-state index contributed by atoms with van der Waals surface area (Å²) in [4.78, 5) is 47.7. The van der Waals surface area contributed by atoms with Crippen molar-refractivity contribution in [1.29, 1.82) is 0 Å². The van der Waals surface area contributed by atoms with E-state index in [0.717, 1.165) is 31.9 Å². The lowest BCUT2D eigenvalue weighted by molar-refractivity contribution is -0.290. The molecule has 0 aliphatic carbocycles. The Hall–Kier alpha value is -3.41. The molecule has 1 saturated heterocycles. The lowest BCUT2D eigenvalue weighted by Crippen LogP contribution is -2.62. The number of hydrogen-bond donors (Lipinski definition) is 0. The zero-order chi connectivity index (χ0) is 29.8. The summed E-state index contributed by atoms with van der Waals surface area (Å²) >= 11 is 0. The summed E-state index contributed by atoms with van der Waals surface area (Å²) in [5.74, 6) is -2.86. The summed E-state index contributed by atoms with van der Waals surface area (Å²) in [6, 6.07) is 18.6. The molecule has 0 aromatic heterocycles. The molecule has 2 aromatic carbocycles. The highest BCUT2D eigenvalue weighted by Crippen LogP contribution is 2.46. The van der Waals surface area contributed by atoms with Crippen molar-refractivity contribution in [2.45, 2.75) is 71.6 Å². The first-order valence-corrected chi connectivity index (χ1v) is 13.8. The van der Waals surface area contributed by atoms with Crippen molar-refractivity contribution < 1.29 is 56.4 Å². The molecule has 12 nitrogen and oxygen atoms in total. The highest BCUT2D eigenvalue weighted by molar-refractivity contribution is 7.41. The van der Waals surface area contributed by atoms with Gasteiger partial charge in [0.2, 0.25) is 6.29 Å². The van der Waals surface area contributed by atoms with Gasteiger partial charge in [-0.3, -0.25) is 23.7 Å². The van der Waals surface area contributed by atoms with E-state index in [0.29, 0.717) is 0 Å². The molecule has 0 N–H and O–H groups in total. The topological polar surface area (TPSA) is 142 Å². The number of hydrogen-bond acceptors (Lipinski definition) is 12. The molecule has 0 bridgehead atoms. The highest BCUT2D eigenvalue weighted by atomic mass is 31.2. The lowest BCUT2D eigenvalue weighted by Gasteiger charge is -2.44. The summed E-state index contributed by atoms with van der Waals surface area (Å²) in [5, 5.41) is 0. The molecule has 3 rings (SSSR count). The van der Waals surface area contributed by atoms with Crippen LogP contribution in [0.1, 0.15) is 38.8 Å². The van der Waals surface area contributed by atoms with Gasteiger partial charge in [0, 0.05) is 27.7 Å². The molecule has 2 aromatic rings. The van der Waals surface area contributed by atoms with E-state index in [9.17, 15) is 19.2 Å². The van der Waals surface area contributed by atoms with Crippen molar-refractivity contribution in [1.82, 2.24) is 0 Å². The Bertz CT molecular complexity index is 1100. The lowest BCUT2D eigenvalue weighted by atomic mass is 9.98. The fourth-order valence-electron chi connectivity index (χ4n) is 3.86. The molecule has 0 amide bonds. The third-order valence-electron chi connectivity index (χ3n) is 5.50. The van der Waals surface area contributed by atoms with Crippen molar-refractivity contribution in [3.8, 4) is 0 Å². The number of carbonyl (C=O) groups excluding carboxylic acids is 4. The fourth-order valence-corrected chi connectivity index (χ4v) is 4.90. The molecule has 0 spiro atoms. The van der Waals surface area contributed by atoms with E-state index in [1.807, 2.05) is 60.7 Å². The second kappa shape index (κ2) is 16.1. The second-order valence-corrected chi connectivity index (χ2v) is 10.1. The standard InChI is InChI=1S/C28H33O12P/c1-18(29)33-17-24-25(36-19(2)30)26(37-20(3)31)27(38-21(4)32)28(39-24)40-41(34-15-22-11-7-5-8-12-22)35-16-23-13-9-6-10-14-23/h5-14,24-28H,15-17H2,1-4H3. The predicted molar refractivity (Wildman–Crippen MR) is 142 cm³/mol. The van der Waals surface area contributed by atoms with Gasteiger partial charge in [0.25, 0.3) is 0 Å². The van der Waals surface area contributed by atoms with Crippen molar-refractivity contribution in [3.63, 3.8) is 0 Å². The van der Waals surface area contributed by atoms with Crippen molar-refractivity contribution in [2.75, 3.05) is 6.61 Å². The van der Waals surface area contributed by atoms with Gasteiger partial charge in [-0.15, -0.1) is 0 Å². The van der Waals surface area contributed by atoms with Crippen LogP contribution < -0.4 is 0 Å². The van der Waals surface area contributed by atoms with Crippen LogP contribution in [0.2, 0.25) is 0 Å². The minimum atomic E-state index is -2.17. The maximum absolute atomic E-state index is 12.1. The molecule has 13 heteroatoms. The highest BCUT2D eigenvalue weighted by Gasteiger charge is 2.53. The van der Waals surface area contributed by atoms with Crippen LogP contribution in [-0.4, -0.2) is 61.2 Å². The molecule has 0 radical (unpaired) electrons. The monoisotopic (exact) mass is 592 g/mol. The van der Waals surface area contributed by atoms with Gasteiger partial charge in [-0.2, -0.15) is 0 Å². The summed E-state index contributed by atoms with van der Waals surface area (Å²) in [6.45, 7) is 4.47. The number of rotatable bonds is 13. The molecule has 5 atom stereocenters. The molecule has 1 aliphatic heterocycles. The quantitative estimate of drug-likeness (QED) is 0.190. The van der Waals surface area contributed by atoms with Gasteiger partial charge in [-0.05, 0) is 11.1 Å². The van der Waals surface area contributed by atoms with Crippen LogP contribution in [-0.2, 0) is 69.6 Å². The SMILES string of the molecule is CC(=O)OCC1OC(OP(OCc2ccccc2)OCc2ccccc2)C(OC(C)=O)C(OC(C)=O)C1OC(C)=O. The maximum Gasteiger partial charge on any atom is 0.335 e. The minimum absolute atomic E-state index is 0.118. The van der Waals surface area contributed by atoms with Crippen molar-refractivity contribution in [2.24, 2.45) is 0 Å². The minimum Gasteiger partial charge on any atom is -0.463 e. The number of benzene rings is 2. The Morgan fingerprint density at radius 1 is 0.659 bits per heavy atom. The fraction of sp³-hybridized carbons (Fsp3) is 0.429. The second-order valence-electron chi connectivity index (χ2n) is 8.91. The first-order chi connectivity index (χ1) is 19.6. The predicted octanol–water partition coefficient (Wildman–Crippen LogP) is 3.75. The average molecular weight is 593 g/mol. The van der Waals surface area contributed by atoms with Gasteiger partial charge in [0.15, 0.2) is 18.3 Å². The third kappa shape index (κ3) is 10.8. The molecule has 1 aliphatic rings. The van der Waals surface area contributed by atoms with Crippen LogP contribution >= 0.6 is 8.60 Å². The van der Waals surface area contributed by atoms with Gasteiger partial charge in [0.05, 0.1) is 13.2 Å². The van der Waals surface area contributed by atoms with Gasteiger partial charge < -0.3 is 32.7 Å². The van der Waals surface area contributed by atoms with Gasteiger partial charge in [-0.25, -0.2) is 0 Å². The molecule has 41 heavy (non-hydrogen) atoms. The summed E-state index contributed by atoms with van der Waals surface area (Å²) in [6.07, 6.45) is -6.68. The first-order valence-electron chi connectivity index (χ1n) is 12.7. The van der Waals surface area contributed by atoms with E-state index in [-0.39, 0.29) is 19.8 Å². The van der Waals surface area contributed by atoms with E-state index < -0.39 is 63.2 Å². The normalized spacial score (nSPS) is 22.0. The molecule has 5 unspecified atom stereocenters.